The molecule has 0 unspecified atom stereocenters. The normalized spacial score (nSPS) is 14.7. The number of fused-ring (bicyclic) bond motifs is 1. The van der Waals surface area contributed by atoms with Gasteiger partial charge in [0.1, 0.15) is 0 Å². The van der Waals surface area contributed by atoms with Crippen LogP contribution in [0, 0.1) is 6.92 Å². The molecule has 0 amide bonds. The molecule has 0 radical (unpaired) electrons. The summed E-state index contributed by atoms with van der Waals surface area (Å²) in [5, 5.41) is 5.02. The molecule has 1 aromatic carbocycles. The highest BCUT2D eigenvalue weighted by Gasteiger charge is 2.16. The molecule has 2 aromatic rings. The maximum atomic E-state index is 12.8. The van der Waals surface area contributed by atoms with Gasteiger partial charge in [0.2, 0.25) is 0 Å². The summed E-state index contributed by atoms with van der Waals surface area (Å²) in [7, 11) is 1.70. The number of aromatic amines is 1. The Kier molecular flexibility index (Phi) is 8.62. The van der Waals surface area contributed by atoms with Crippen LogP contribution >= 0.6 is 12.2 Å². The van der Waals surface area contributed by atoms with Crippen LogP contribution in [0.4, 0.5) is 0 Å². The fourth-order valence-corrected chi connectivity index (χ4v) is 3.87. The van der Waals surface area contributed by atoms with Gasteiger partial charge >= 0.3 is 0 Å². The van der Waals surface area contributed by atoms with E-state index < -0.39 is 0 Å². The first-order chi connectivity index (χ1) is 14.6. The predicted molar refractivity (Wildman–Crippen MR) is 124 cm³/mol. The summed E-state index contributed by atoms with van der Waals surface area (Å²) in [5.41, 5.74) is 2.62. The van der Waals surface area contributed by atoms with Crippen molar-refractivity contribution < 1.29 is 9.47 Å². The lowest BCUT2D eigenvalue weighted by molar-refractivity contribution is 0.0357. The highest BCUT2D eigenvalue weighted by molar-refractivity contribution is 7.80. The Morgan fingerprint density at radius 1 is 1.37 bits per heavy atom. The monoisotopic (exact) mass is 432 g/mol. The van der Waals surface area contributed by atoms with Gasteiger partial charge in [-0.3, -0.25) is 9.69 Å². The number of methoxy groups -OCH3 is 1. The van der Waals surface area contributed by atoms with Crippen molar-refractivity contribution in [1.82, 2.24) is 20.1 Å². The number of H-pyrrole nitrogens is 1. The third-order valence-electron chi connectivity index (χ3n) is 5.40. The summed E-state index contributed by atoms with van der Waals surface area (Å²) in [6.45, 7) is 8.93. The van der Waals surface area contributed by atoms with Crippen molar-refractivity contribution in [1.29, 1.82) is 0 Å². The lowest BCUT2D eigenvalue weighted by Crippen LogP contribution is -2.46. The van der Waals surface area contributed by atoms with Gasteiger partial charge in [0, 0.05) is 52.0 Å². The Morgan fingerprint density at radius 3 is 2.93 bits per heavy atom. The van der Waals surface area contributed by atoms with E-state index in [-0.39, 0.29) is 5.56 Å². The van der Waals surface area contributed by atoms with Crippen LogP contribution in [-0.4, -0.2) is 79.6 Å². The predicted octanol–water partition coefficient (Wildman–Crippen LogP) is 1.88. The highest BCUT2D eigenvalue weighted by Crippen LogP contribution is 2.16. The molecule has 0 saturated carbocycles. The first kappa shape index (κ1) is 22.7. The molecule has 0 bridgehead atoms. The third kappa shape index (κ3) is 6.25. The van der Waals surface area contributed by atoms with Gasteiger partial charge < -0.3 is 24.7 Å². The molecule has 1 aromatic heterocycles. The zero-order valence-corrected chi connectivity index (χ0v) is 18.7. The van der Waals surface area contributed by atoms with Crippen LogP contribution in [0.15, 0.2) is 29.1 Å². The average Bonchev–Trinajstić information content (AvgIpc) is 2.76. The number of aryl methyl sites for hydroxylation is 1. The number of benzene rings is 1. The van der Waals surface area contributed by atoms with E-state index in [9.17, 15) is 4.79 Å². The molecule has 0 atom stereocenters. The standard InChI is InChI=1S/C22H32N4O3S/c1-17-5-3-6-18-15-19(21(27)24-20(17)18)16-26(22(30)23-7-4-12-28-2)9-8-25-10-13-29-14-11-25/h3,5-6,15H,4,7-14,16H2,1-2H3,(H,23,30)(H,24,27). The molecule has 30 heavy (non-hydrogen) atoms. The van der Waals surface area contributed by atoms with Crippen LogP contribution in [-0.2, 0) is 16.0 Å². The zero-order valence-electron chi connectivity index (χ0n) is 17.9. The van der Waals surface area contributed by atoms with Gasteiger partial charge in [0.15, 0.2) is 5.11 Å². The molecule has 1 fully saturated rings. The molecule has 0 aliphatic carbocycles. The minimum atomic E-state index is -0.0599. The summed E-state index contributed by atoms with van der Waals surface area (Å²) in [4.78, 5) is 20.3. The van der Waals surface area contributed by atoms with Gasteiger partial charge in [-0.15, -0.1) is 0 Å². The van der Waals surface area contributed by atoms with Crippen LogP contribution < -0.4 is 10.9 Å². The number of morpholine rings is 1. The van der Waals surface area contributed by atoms with Crippen molar-refractivity contribution in [2.75, 3.05) is 59.7 Å². The van der Waals surface area contributed by atoms with Gasteiger partial charge in [-0.25, -0.2) is 0 Å². The van der Waals surface area contributed by atoms with E-state index in [1.807, 2.05) is 31.2 Å². The zero-order chi connectivity index (χ0) is 21.3. The summed E-state index contributed by atoms with van der Waals surface area (Å²) in [6, 6.07) is 8.03. The second kappa shape index (κ2) is 11.4. The minimum Gasteiger partial charge on any atom is -0.385 e. The molecular formula is C22H32N4O3S. The lowest BCUT2D eigenvalue weighted by atomic mass is 10.1. The number of hydrogen-bond donors (Lipinski definition) is 2. The van der Waals surface area contributed by atoms with Crippen LogP contribution in [0.3, 0.4) is 0 Å². The number of nitrogens with zero attached hydrogens (tertiary/aromatic N) is 2. The van der Waals surface area contributed by atoms with Crippen molar-refractivity contribution in [2.24, 2.45) is 0 Å². The molecule has 7 nitrogen and oxygen atoms in total. The van der Waals surface area contributed by atoms with E-state index in [0.29, 0.717) is 18.3 Å². The van der Waals surface area contributed by atoms with Crippen molar-refractivity contribution >= 4 is 28.2 Å². The van der Waals surface area contributed by atoms with Gasteiger partial charge in [-0.2, -0.15) is 0 Å². The first-order valence-electron chi connectivity index (χ1n) is 10.5. The summed E-state index contributed by atoms with van der Waals surface area (Å²) in [6.07, 6.45) is 0.879. The highest BCUT2D eigenvalue weighted by atomic mass is 32.1. The van der Waals surface area contributed by atoms with Crippen LogP contribution in [0.2, 0.25) is 0 Å². The molecule has 3 rings (SSSR count). The van der Waals surface area contributed by atoms with Gasteiger partial charge in [0.25, 0.3) is 5.56 Å². The van der Waals surface area contributed by atoms with Gasteiger partial charge in [-0.05, 0) is 42.6 Å². The van der Waals surface area contributed by atoms with E-state index in [2.05, 4.69) is 20.1 Å². The van der Waals surface area contributed by atoms with Gasteiger partial charge in [0.05, 0.1) is 25.3 Å². The van der Waals surface area contributed by atoms with E-state index in [4.69, 9.17) is 21.7 Å². The average molecular weight is 433 g/mol. The quantitative estimate of drug-likeness (QED) is 0.463. The maximum Gasteiger partial charge on any atom is 0.253 e. The molecule has 1 aliphatic heterocycles. The molecule has 1 aliphatic rings. The second-order valence-corrected chi connectivity index (χ2v) is 8.00. The minimum absolute atomic E-state index is 0.0599. The van der Waals surface area contributed by atoms with Gasteiger partial charge in [-0.1, -0.05) is 18.2 Å². The van der Waals surface area contributed by atoms with E-state index in [1.54, 1.807) is 7.11 Å². The molecular weight excluding hydrogens is 400 g/mol. The summed E-state index contributed by atoms with van der Waals surface area (Å²) in [5.74, 6) is 0. The Bertz CT molecular complexity index is 896. The number of para-hydroxylation sites is 1. The fraction of sp³-hybridized carbons (Fsp3) is 0.545. The number of pyridine rings is 1. The maximum absolute atomic E-state index is 12.8. The summed E-state index contributed by atoms with van der Waals surface area (Å²) >= 11 is 5.67. The van der Waals surface area contributed by atoms with Crippen LogP contribution in [0.25, 0.3) is 10.9 Å². The lowest BCUT2D eigenvalue weighted by Gasteiger charge is -2.31. The molecule has 1 saturated heterocycles. The van der Waals surface area contributed by atoms with E-state index >= 15 is 0 Å². The first-order valence-corrected chi connectivity index (χ1v) is 10.9. The van der Waals surface area contributed by atoms with Crippen molar-refractivity contribution in [3.8, 4) is 0 Å². The van der Waals surface area contributed by atoms with Crippen molar-refractivity contribution in [3.05, 3.63) is 45.7 Å². The number of nitrogens with one attached hydrogen (secondary N) is 2. The number of aromatic nitrogens is 1. The number of ether oxygens (including phenoxy) is 2. The Labute approximate surface area is 183 Å². The van der Waals surface area contributed by atoms with Crippen LogP contribution in [0.5, 0.6) is 0 Å². The van der Waals surface area contributed by atoms with Crippen molar-refractivity contribution in [2.45, 2.75) is 19.9 Å². The molecule has 2 N–H and O–H groups in total. The fourth-order valence-electron chi connectivity index (χ4n) is 3.61. The van der Waals surface area contributed by atoms with E-state index in [1.165, 1.54) is 0 Å². The Balaban J connectivity index is 1.73. The molecule has 0 spiro atoms. The van der Waals surface area contributed by atoms with Crippen molar-refractivity contribution in [3.63, 3.8) is 0 Å². The molecule has 164 valence electrons. The molecule has 2 heterocycles. The number of thiocarbonyl (C=S) groups is 1. The SMILES string of the molecule is COCCCNC(=S)N(CCN1CCOCC1)Cc1cc2cccc(C)c2[nH]c1=O. The van der Waals surface area contributed by atoms with Crippen LogP contribution in [0.1, 0.15) is 17.5 Å². The summed E-state index contributed by atoms with van der Waals surface area (Å²) < 4.78 is 10.6. The number of rotatable bonds is 9. The third-order valence-corrected chi connectivity index (χ3v) is 5.81. The van der Waals surface area contributed by atoms with E-state index in [0.717, 1.165) is 74.4 Å². The molecule has 8 heteroatoms. The second-order valence-electron chi connectivity index (χ2n) is 7.62. The number of hydrogen-bond acceptors (Lipinski definition) is 5. The Hall–Kier alpha value is -2.00. The smallest absolute Gasteiger partial charge is 0.253 e. The Morgan fingerprint density at radius 2 is 2.17 bits per heavy atom. The topological polar surface area (TPSA) is 69.8 Å². The largest absolute Gasteiger partial charge is 0.385 e.